The zero-order chi connectivity index (χ0) is 15.8. The maximum atomic E-state index is 12.8. The lowest BCUT2D eigenvalue weighted by Gasteiger charge is -2.45. The fourth-order valence-electron chi connectivity index (χ4n) is 3.64. The van der Waals surface area contributed by atoms with Crippen LogP contribution in [-0.2, 0) is 9.59 Å². The lowest BCUT2D eigenvalue weighted by atomic mass is 9.61. The van der Waals surface area contributed by atoms with Crippen LogP contribution < -0.4 is 11.1 Å². The molecule has 0 aromatic rings. The van der Waals surface area contributed by atoms with E-state index in [9.17, 15) is 9.59 Å². The topological polar surface area (TPSA) is 108 Å². The Balaban J connectivity index is 2.16. The zero-order valence-corrected chi connectivity index (χ0v) is 12.8. The number of nitrogens with two attached hydrogens (primary N) is 1. The highest BCUT2D eigenvalue weighted by molar-refractivity contribution is 6.08. The minimum atomic E-state index is -0.887. The van der Waals surface area contributed by atoms with Crippen molar-refractivity contribution in [3.05, 3.63) is 0 Å². The number of amides is 2. The van der Waals surface area contributed by atoms with Crippen molar-refractivity contribution in [1.82, 2.24) is 10.2 Å². The molecule has 0 aromatic carbocycles. The maximum absolute atomic E-state index is 12.8. The number of hydrogen-bond donors (Lipinski definition) is 3. The molecule has 7 heteroatoms. The van der Waals surface area contributed by atoms with Gasteiger partial charge in [0, 0.05) is 20.1 Å². The molecule has 2 rings (SSSR count). The van der Waals surface area contributed by atoms with E-state index in [1.54, 1.807) is 11.9 Å². The molecule has 0 bridgehead atoms. The number of carbonyl (C=O) groups excluding carboxylic acids is 2. The van der Waals surface area contributed by atoms with E-state index in [2.05, 4.69) is 10.5 Å². The van der Waals surface area contributed by atoms with Gasteiger partial charge in [-0.1, -0.05) is 12.1 Å². The molecule has 1 unspecified atom stereocenters. The number of oxime groups is 1. The highest BCUT2D eigenvalue weighted by Gasteiger charge is 2.55. The number of hydrogen-bond acceptors (Lipinski definition) is 4. The number of carbonyl (C=O) groups is 2. The van der Waals surface area contributed by atoms with Gasteiger partial charge in [-0.2, -0.15) is 0 Å². The van der Waals surface area contributed by atoms with E-state index >= 15 is 0 Å². The van der Waals surface area contributed by atoms with Gasteiger partial charge < -0.3 is 21.2 Å². The van der Waals surface area contributed by atoms with Gasteiger partial charge in [0.15, 0.2) is 5.84 Å². The van der Waals surface area contributed by atoms with Gasteiger partial charge in [0.05, 0.1) is 5.41 Å². The van der Waals surface area contributed by atoms with Crippen molar-refractivity contribution in [1.29, 1.82) is 0 Å². The average molecular weight is 296 g/mol. The molecule has 1 aliphatic heterocycles. The summed E-state index contributed by atoms with van der Waals surface area (Å²) < 4.78 is 0. The molecule has 2 amide bonds. The molecular formula is C14H24N4O3. The number of amidine groups is 1. The highest BCUT2D eigenvalue weighted by atomic mass is 16.4. The summed E-state index contributed by atoms with van der Waals surface area (Å²) >= 11 is 0. The van der Waals surface area contributed by atoms with Gasteiger partial charge in [0.25, 0.3) is 0 Å². The Kier molecular flexibility index (Phi) is 3.86. The Morgan fingerprint density at radius 2 is 2.05 bits per heavy atom. The molecule has 1 saturated heterocycles. The maximum Gasteiger partial charge on any atom is 0.236 e. The van der Waals surface area contributed by atoms with Gasteiger partial charge in [0.1, 0.15) is 5.41 Å². The fraction of sp³-hybridized carbons (Fsp3) is 0.786. The Hall–Kier alpha value is -1.79. The Morgan fingerprint density at radius 3 is 2.52 bits per heavy atom. The third-order valence-electron chi connectivity index (χ3n) is 4.94. The molecule has 0 aromatic heterocycles. The molecule has 118 valence electrons. The first-order valence-corrected chi connectivity index (χ1v) is 7.28. The molecule has 1 heterocycles. The van der Waals surface area contributed by atoms with Crippen molar-refractivity contribution in [2.75, 3.05) is 20.1 Å². The van der Waals surface area contributed by atoms with Crippen LogP contribution in [0.1, 0.15) is 33.1 Å². The van der Waals surface area contributed by atoms with E-state index in [0.717, 1.165) is 0 Å². The van der Waals surface area contributed by atoms with Gasteiger partial charge in [-0.3, -0.25) is 9.59 Å². The van der Waals surface area contributed by atoms with Crippen LogP contribution in [0, 0.1) is 16.7 Å². The molecule has 0 spiro atoms. The van der Waals surface area contributed by atoms with Gasteiger partial charge in [-0.25, -0.2) is 0 Å². The first-order chi connectivity index (χ1) is 9.79. The molecule has 0 radical (unpaired) electrons. The summed E-state index contributed by atoms with van der Waals surface area (Å²) in [5.74, 6) is 0.183. The number of nitrogens with zero attached hydrogens (tertiary/aromatic N) is 2. The van der Waals surface area contributed by atoms with Crippen molar-refractivity contribution < 1.29 is 14.8 Å². The van der Waals surface area contributed by atoms with Crippen molar-refractivity contribution in [2.45, 2.75) is 33.1 Å². The first-order valence-electron chi connectivity index (χ1n) is 7.28. The summed E-state index contributed by atoms with van der Waals surface area (Å²) in [7, 11) is 1.60. The van der Waals surface area contributed by atoms with Crippen LogP contribution in [0.5, 0.6) is 0 Å². The van der Waals surface area contributed by atoms with Gasteiger partial charge >= 0.3 is 0 Å². The Morgan fingerprint density at radius 1 is 1.43 bits per heavy atom. The standard InChI is InChI=1S/C14H24N4O3/c1-9-6-14(7-9,10(15)17-21)12(20)18-5-4-13(2,8-18)11(19)16-3/h9,21H,4-8H2,1-3H3,(H2,15,17)(H,16,19). The van der Waals surface area contributed by atoms with Crippen LogP contribution in [0.25, 0.3) is 0 Å². The van der Waals surface area contributed by atoms with Crippen molar-refractivity contribution in [3.63, 3.8) is 0 Å². The molecule has 1 atom stereocenters. The Labute approximate surface area is 124 Å². The van der Waals surface area contributed by atoms with E-state index in [4.69, 9.17) is 10.9 Å². The molecule has 7 nitrogen and oxygen atoms in total. The number of rotatable bonds is 3. The highest BCUT2D eigenvalue weighted by Crippen LogP contribution is 2.48. The van der Waals surface area contributed by atoms with Gasteiger partial charge in [0.2, 0.25) is 11.8 Å². The molecule has 1 aliphatic carbocycles. The Bertz CT molecular complexity index is 485. The molecule has 2 fully saturated rings. The summed E-state index contributed by atoms with van der Waals surface area (Å²) in [4.78, 5) is 26.4. The van der Waals surface area contributed by atoms with E-state index < -0.39 is 10.8 Å². The molecule has 4 N–H and O–H groups in total. The third-order valence-corrected chi connectivity index (χ3v) is 4.94. The SMILES string of the molecule is CNC(=O)C1(C)CCN(C(=O)C2(C(N)=NO)CC(C)C2)C1. The minimum Gasteiger partial charge on any atom is -0.409 e. The first kappa shape index (κ1) is 15.6. The third kappa shape index (κ3) is 2.34. The van der Waals surface area contributed by atoms with E-state index in [0.29, 0.717) is 38.3 Å². The smallest absolute Gasteiger partial charge is 0.236 e. The summed E-state index contributed by atoms with van der Waals surface area (Å²) in [6, 6.07) is 0. The largest absolute Gasteiger partial charge is 0.409 e. The molecule has 2 aliphatic rings. The minimum absolute atomic E-state index is 0.0147. The van der Waals surface area contributed by atoms with Crippen molar-refractivity contribution in [3.8, 4) is 0 Å². The molecule has 21 heavy (non-hydrogen) atoms. The quantitative estimate of drug-likeness (QED) is 0.298. The van der Waals surface area contributed by atoms with E-state index in [1.165, 1.54) is 0 Å². The summed E-state index contributed by atoms with van der Waals surface area (Å²) in [5, 5.41) is 14.7. The van der Waals surface area contributed by atoms with Gasteiger partial charge in [-0.15, -0.1) is 0 Å². The van der Waals surface area contributed by atoms with Crippen LogP contribution in [0.3, 0.4) is 0 Å². The number of nitrogens with one attached hydrogen (secondary N) is 1. The van der Waals surface area contributed by atoms with Crippen LogP contribution in [-0.4, -0.2) is 47.9 Å². The van der Waals surface area contributed by atoms with Gasteiger partial charge in [-0.05, 0) is 32.1 Å². The lowest BCUT2D eigenvalue weighted by Crippen LogP contribution is -2.57. The zero-order valence-electron chi connectivity index (χ0n) is 12.8. The van der Waals surface area contributed by atoms with E-state index in [1.807, 2.05) is 13.8 Å². The predicted molar refractivity (Wildman–Crippen MR) is 77.6 cm³/mol. The van der Waals surface area contributed by atoms with E-state index in [-0.39, 0.29) is 17.6 Å². The average Bonchev–Trinajstić information content (AvgIpc) is 2.84. The van der Waals surface area contributed by atoms with Crippen LogP contribution in [0.15, 0.2) is 5.16 Å². The number of likely N-dealkylation sites (tertiary alicyclic amines) is 1. The second kappa shape index (κ2) is 5.20. The normalized spacial score (nSPS) is 36.2. The summed E-state index contributed by atoms with van der Waals surface area (Å²) in [5.41, 5.74) is 4.32. The van der Waals surface area contributed by atoms with Crippen LogP contribution in [0.2, 0.25) is 0 Å². The second-order valence-corrected chi connectivity index (χ2v) is 6.70. The summed E-state index contributed by atoms with van der Waals surface area (Å²) in [6.45, 7) is 4.80. The second-order valence-electron chi connectivity index (χ2n) is 6.70. The fourth-order valence-corrected chi connectivity index (χ4v) is 3.64. The molecule has 1 saturated carbocycles. The van der Waals surface area contributed by atoms with Crippen LogP contribution in [0.4, 0.5) is 0 Å². The van der Waals surface area contributed by atoms with Crippen molar-refractivity contribution >= 4 is 17.6 Å². The van der Waals surface area contributed by atoms with Crippen LogP contribution >= 0.6 is 0 Å². The lowest BCUT2D eigenvalue weighted by molar-refractivity contribution is -0.144. The monoisotopic (exact) mass is 296 g/mol. The predicted octanol–water partition coefficient (Wildman–Crippen LogP) is 0.134. The van der Waals surface area contributed by atoms with Crippen molar-refractivity contribution in [2.24, 2.45) is 27.6 Å². The molecular weight excluding hydrogens is 272 g/mol. The summed E-state index contributed by atoms with van der Waals surface area (Å²) in [6.07, 6.45) is 1.81.